The molecule has 0 heterocycles. The minimum Gasteiger partial charge on any atom is -0.493 e. The van der Waals surface area contributed by atoms with Gasteiger partial charge in [0.1, 0.15) is 18.1 Å². The number of benzene rings is 2. The van der Waals surface area contributed by atoms with Crippen LogP contribution in [0.3, 0.4) is 0 Å². The van der Waals surface area contributed by atoms with E-state index in [1.54, 1.807) is 6.92 Å². The summed E-state index contributed by atoms with van der Waals surface area (Å²) < 4.78 is 11.9. The van der Waals surface area contributed by atoms with Crippen molar-refractivity contribution in [2.45, 2.75) is 54.1 Å². The van der Waals surface area contributed by atoms with Crippen LogP contribution in [0.4, 0.5) is 0 Å². The Kier molecular flexibility index (Phi) is 8.98. The van der Waals surface area contributed by atoms with Gasteiger partial charge in [-0.2, -0.15) is 0 Å². The fourth-order valence-electron chi connectivity index (χ4n) is 4.63. The third-order valence-corrected chi connectivity index (χ3v) is 6.73. The van der Waals surface area contributed by atoms with Crippen LogP contribution in [0.5, 0.6) is 5.75 Å². The maximum absolute atomic E-state index is 9.51. The Bertz CT molecular complexity index is 1080. The summed E-state index contributed by atoms with van der Waals surface area (Å²) in [6.07, 6.45) is 6.50. The first kappa shape index (κ1) is 26.8. The van der Waals surface area contributed by atoms with Crippen molar-refractivity contribution >= 4 is 0 Å². The zero-order valence-electron chi connectivity index (χ0n) is 21.9. The van der Waals surface area contributed by atoms with E-state index in [4.69, 9.17) is 9.47 Å². The minimum absolute atomic E-state index is 0.131. The van der Waals surface area contributed by atoms with Crippen LogP contribution in [0.2, 0.25) is 0 Å². The Morgan fingerprint density at radius 3 is 2.37 bits per heavy atom. The predicted molar refractivity (Wildman–Crippen MR) is 143 cm³/mol. The molecule has 1 saturated carbocycles. The van der Waals surface area contributed by atoms with Crippen LogP contribution < -0.4 is 4.74 Å². The van der Waals surface area contributed by atoms with Crippen molar-refractivity contribution in [2.24, 2.45) is 11.3 Å². The molecule has 4 nitrogen and oxygen atoms in total. The molecule has 0 amide bonds. The Balaban J connectivity index is 1.71. The molecule has 188 valence electrons. The van der Waals surface area contributed by atoms with Crippen molar-refractivity contribution < 1.29 is 19.7 Å². The molecule has 3 rings (SSSR count). The van der Waals surface area contributed by atoms with E-state index in [-0.39, 0.29) is 19.8 Å². The second-order valence-corrected chi connectivity index (χ2v) is 10.3. The van der Waals surface area contributed by atoms with Crippen LogP contribution in [-0.4, -0.2) is 30.0 Å². The highest BCUT2D eigenvalue weighted by Gasteiger charge is 2.24. The summed E-state index contributed by atoms with van der Waals surface area (Å²) in [5.41, 5.74) is 7.68. The molecule has 2 aromatic carbocycles. The van der Waals surface area contributed by atoms with E-state index in [0.717, 1.165) is 40.8 Å². The van der Waals surface area contributed by atoms with Crippen LogP contribution in [-0.2, 0) is 11.3 Å². The van der Waals surface area contributed by atoms with Gasteiger partial charge in [0.15, 0.2) is 0 Å². The second kappa shape index (κ2) is 11.7. The van der Waals surface area contributed by atoms with Gasteiger partial charge in [-0.1, -0.05) is 44.7 Å². The summed E-state index contributed by atoms with van der Waals surface area (Å²) >= 11 is 0. The van der Waals surface area contributed by atoms with Gasteiger partial charge in [-0.15, -0.1) is 0 Å². The molecule has 0 aliphatic heterocycles. The van der Waals surface area contributed by atoms with Gasteiger partial charge in [-0.3, -0.25) is 0 Å². The predicted octanol–water partition coefficient (Wildman–Crippen LogP) is 6.67. The lowest BCUT2D eigenvalue weighted by Gasteiger charge is -2.25. The molecule has 1 unspecified atom stereocenters. The third kappa shape index (κ3) is 6.87. The first-order valence-corrected chi connectivity index (χ1v) is 12.4. The second-order valence-electron chi connectivity index (χ2n) is 10.3. The first-order valence-electron chi connectivity index (χ1n) is 12.4. The number of aliphatic hydroxyl groups is 2. The molecule has 2 aromatic rings. The summed E-state index contributed by atoms with van der Waals surface area (Å²) in [6.45, 7) is 14.9. The maximum atomic E-state index is 9.51. The monoisotopic (exact) mass is 476 g/mol. The highest BCUT2D eigenvalue weighted by atomic mass is 16.5. The van der Waals surface area contributed by atoms with Crippen LogP contribution >= 0.6 is 0 Å². The Labute approximate surface area is 210 Å². The molecular weight excluding hydrogens is 436 g/mol. The number of hydrogen-bond acceptors (Lipinski definition) is 4. The van der Waals surface area contributed by atoms with Gasteiger partial charge in [-0.05, 0) is 103 Å². The van der Waals surface area contributed by atoms with E-state index < -0.39 is 5.41 Å². The van der Waals surface area contributed by atoms with E-state index in [2.05, 4.69) is 70.7 Å². The summed E-state index contributed by atoms with van der Waals surface area (Å²) in [4.78, 5) is 0. The summed E-state index contributed by atoms with van der Waals surface area (Å²) in [7, 11) is 0. The molecular formula is C31H40O4. The molecule has 0 spiro atoms. The molecule has 1 fully saturated rings. The molecule has 0 aromatic heterocycles. The molecule has 35 heavy (non-hydrogen) atoms. The number of hydrogen-bond donors (Lipinski definition) is 2. The van der Waals surface area contributed by atoms with Gasteiger partial charge in [0.2, 0.25) is 0 Å². The fourth-order valence-corrected chi connectivity index (χ4v) is 4.63. The third-order valence-electron chi connectivity index (χ3n) is 6.73. The molecule has 0 bridgehead atoms. The zero-order chi connectivity index (χ0) is 25.6. The van der Waals surface area contributed by atoms with Gasteiger partial charge in [0.05, 0.1) is 19.8 Å². The van der Waals surface area contributed by atoms with Crippen molar-refractivity contribution in [1.82, 2.24) is 0 Å². The van der Waals surface area contributed by atoms with Crippen LogP contribution in [0.25, 0.3) is 11.1 Å². The van der Waals surface area contributed by atoms with Crippen molar-refractivity contribution in [3.05, 3.63) is 88.7 Å². The Morgan fingerprint density at radius 2 is 1.74 bits per heavy atom. The molecule has 1 aliphatic carbocycles. The lowest BCUT2D eigenvalue weighted by molar-refractivity contribution is 0.0287. The quantitative estimate of drug-likeness (QED) is 0.376. The van der Waals surface area contributed by atoms with Crippen molar-refractivity contribution in [2.75, 3.05) is 19.8 Å². The molecule has 0 saturated heterocycles. The standard InChI is InChI=1S/C31H40O4/c1-7-26-11-21(2)12-28(26)15-24(5)34-17-25-9-8-10-27(16-25)30-22(3)13-29(14-23(30)4)35-20-31(6,18-32)19-33/h7-10,13-16,21,32-33H,5,11-12,17-20H2,1-4,6H3/b26-7-,28-15-. The van der Waals surface area contributed by atoms with E-state index in [1.807, 2.05) is 12.1 Å². The summed E-state index contributed by atoms with van der Waals surface area (Å²) in [6, 6.07) is 12.4. The summed E-state index contributed by atoms with van der Waals surface area (Å²) in [5, 5.41) is 19.0. The Hall–Kier alpha value is -2.82. The number of rotatable bonds is 10. The van der Waals surface area contributed by atoms with E-state index in [9.17, 15) is 10.2 Å². The van der Waals surface area contributed by atoms with E-state index in [0.29, 0.717) is 18.3 Å². The largest absolute Gasteiger partial charge is 0.493 e. The van der Waals surface area contributed by atoms with Crippen LogP contribution in [0.1, 0.15) is 50.3 Å². The fraction of sp³-hybridized carbons (Fsp3) is 0.419. The van der Waals surface area contributed by atoms with Gasteiger partial charge in [0.25, 0.3) is 0 Å². The topological polar surface area (TPSA) is 58.9 Å². The molecule has 1 atom stereocenters. The number of aliphatic hydroxyl groups excluding tert-OH is 2. The van der Waals surface area contributed by atoms with Crippen LogP contribution in [0.15, 0.2) is 72.0 Å². The number of aryl methyl sites for hydroxylation is 2. The normalized spacial score (nSPS) is 18.3. The zero-order valence-corrected chi connectivity index (χ0v) is 21.9. The lowest BCUT2D eigenvalue weighted by Crippen LogP contribution is -2.33. The van der Waals surface area contributed by atoms with Gasteiger partial charge >= 0.3 is 0 Å². The molecule has 0 radical (unpaired) electrons. The smallest absolute Gasteiger partial charge is 0.119 e. The van der Waals surface area contributed by atoms with Crippen LogP contribution in [0, 0.1) is 25.2 Å². The molecule has 4 heteroatoms. The number of ether oxygens (including phenoxy) is 2. The van der Waals surface area contributed by atoms with E-state index >= 15 is 0 Å². The van der Waals surface area contributed by atoms with Gasteiger partial charge in [0, 0.05) is 5.41 Å². The Morgan fingerprint density at radius 1 is 1.09 bits per heavy atom. The molecule has 1 aliphatic rings. The first-order chi connectivity index (χ1) is 16.7. The number of allylic oxidation sites excluding steroid dienone is 4. The van der Waals surface area contributed by atoms with Crippen molar-refractivity contribution in [3.8, 4) is 16.9 Å². The maximum Gasteiger partial charge on any atom is 0.119 e. The summed E-state index contributed by atoms with van der Waals surface area (Å²) in [5.74, 6) is 2.11. The van der Waals surface area contributed by atoms with Gasteiger partial charge in [-0.25, -0.2) is 0 Å². The van der Waals surface area contributed by atoms with Crippen molar-refractivity contribution in [1.29, 1.82) is 0 Å². The van der Waals surface area contributed by atoms with Crippen molar-refractivity contribution in [3.63, 3.8) is 0 Å². The van der Waals surface area contributed by atoms with E-state index in [1.165, 1.54) is 16.7 Å². The average Bonchev–Trinajstić information content (AvgIpc) is 3.20. The highest BCUT2D eigenvalue weighted by molar-refractivity contribution is 5.72. The highest BCUT2D eigenvalue weighted by Crippen LogP contribution is 2.36. The molecule has 2 N–H and O–H groups in total. The lowest BCUT2D eigenvalue weighted by atomic mass is 9.93. The minimum atomic E-state index is -0.668. The average molecular weight is 477 g/mol. The van der Waals surface area contributed by atoms with Gasteiger partial charge < -0.3 is 19.7 Å². The SMILES string of the molecule is C=C(/C=C1/CC(C)C/C1=C/C)OCc1cccc(-c2c(C)cc(OCC(C)(CO)CO)cc2C)c1.